The number of rotatable bonds is 10. The van der Waals surface area contributed by atoms with Crippen molar-refractivity contribution in [2.24, 2.45) is 0 Å². The van der Waals surface area contributed by atoms with Crippen LogP contribution in [-0.2, 0) is 24.8 Å². The van der Waals surface area contributed by atoms with Crippen molar-refractivity contribution in [1.82, 2.24) is 0 Å². The number of quaternary nitrogens is 1. The van der Waals surface area contributed by atoms with Crippen LogP contribution in [0.15, 0.2) is 78.9 Å². The first-order valence-corrected chi connectivity index (χ1v) is 11.9. The van der Waals surface area contributed by atoms with E-state index < -0.39 is 17.7 Å². The van der Waals surface area contributed by atoms with Crippen molar-refractivity contribution in [3.05, 3.63) is 90.0 Å². The minimum absolute atomic E-state index is 0.0313. The van der Waals surface area contributed by atoms with Gasteiger partial charge in [-0.2, -0.15) is 0 Å². The van der Waals surface area contributed by atoms with Crippen LogP contribution < -0.4 is 24.6 Å². The number of methoxy groups -OCH3 is 2. The summed E-state index contributed by atoms with van der Waals surface area (Å²) in [4.78, 5) is 18.0. The molecule has 0 aromatic heterocycles. The Balaban J connectivity index is 0.000000599. The normalized spacial score (nSPS) is 15.6. The number of carboxylic acid groups (broad SMARTS) is 2. The van der Waals surface area contributed by atoms with Crippen molar-refractivity contribution in [2.45, 2.75) is 11.9 Å². The Morgan fingerprint density at radius 2 is 1.47 bits per heavy atom. The molecule has 1 saturated heterocycles. The van der Waals surface area contributed by atoms with E-state index in [4.69, 9.17) is 43.5 Å². The number of hydrogen-bond acceptors (Lipinski definition) is 8. The van der Waals surface area contributed by atoms with Gasteiger partial charge in [-0.3, -0.25) is 0 Å². The Morgan fingerprint density at radius 1 is 0.947 bits per heavy atom. The Labute approximate surface area is 220 Å². The summed E-state index contributed by atoms with van der Waals surface area (Å²) in [6.45, 7) is 2.59. The maximum absolute atomic E-state index is 9.04. The predicted octanol–water partition coefficient (Wildman–Crippen LogP) is 0.784. The van der Waals surface area contributed by atoms with Crippen LogP contribution in [0.4, 0.5) is 0 Å². The van der Waals surface area contributed by atoms with Crippen molar-refractivity contribution in [3.63, 3.8) is 0 Å². The molecule has 4 rings (SSSR count). The standard InChI is InChI=1S/C26H29NO5.C2H2O4/c1-28-23-14-9-15-24(29-2)25(23)30-17-16-27-18-22-19-31-26(32-22,20-10-5-3-6-11-20)21-12-7-4-8-13-21;3-1(4)2(5)6/h3-15,22,27H,16-19H2,1-2H3;(H,3,4)(H,5,6). The van der Waals surface area contributed by atoms with Crippen LogP contribution >= 0.6 is 0 Å². The summed E-state index contributed by atoms with van der Waals surface area (Å²) in [7, 11) is 3.24. The molecule has 1 fully saturated rings. The van der Waals surface area contributed by atoms with E-state index in [-0.39, 0.29) is 6.10 Å². The maximum Gasteiger partial charge on any atom is 0.351 e. The molecule has 0 aliphatic carbocycles. The van der Waals surface area contributed by atoms with Gasteiger partial charge in [0.2, 0.25) is 11.5 Å². The molecule has 0 spiro atoms. The van der Waals surface area contributed by atoms with E-state index >= 15 is 0 Å². The van der Waals surface area contributed by atoms with Crippen molar-refractivity contribution in [2.75, 3.05) is 40.5 Å². The number of nitrogens with two attached hydrogens (primary N) is 1. The van der Waals surface area contributed by atoms with Gasteiger partial charge < -0.3 is 44.0 Å². The van der Waals surface area contributed by atoms with E-state index in [0.29, 0.717) is 30.5 Å². The van der Waals surface area contributed by atoms with Crippen LogP contribution in [0.25, 0.3) is 0 Å². The molecular weight excluding hydrogens is 494 g/mol. The Bertz CT molecular complexity index is 1100. The van der Waals surface area contributed by atoms with E-state index in [0.717, 1.165) is 24.2 Å². The van der Waals surface area contributed by atoms with Gasteiger partial charge in [-0.25, -0.2) is 4.79 Å². The lowest BCUT2D eigenvalue weighted by Gasteiger charge is -2.29. The monoisotopic (exact) mass is 525 g/mol. The minimum atomic E-state index is -2.07. The SMILES string of the molecule is COc1cccc(OC)c1OCC[NH2+]CC1COC(c2ccccc2)(c2ccccc2)O1.O=C([O-])C(=O)O. The Morgan fingerprint density at radius 3 is 1.95 bits per heavy atom. The molecule has 38 heavy (non-hydrogen) atoms. The second-order valence-corrected chi connectivity index (χ2v) is 8.15. The van der Waals surface area contributed by atoms with Crippen molar-refractivity contribution >= 4 is 11.9 Å². The molecule has 10 heteroatoms. The topological polar surface area (TPSA) is 140 Å². The van der Waals surface area contributed by atoms with Crippen molar-refractivity contribution in [1.29, 1.82) is 0 Å². The third-order valence-electron chi connectivity index (χ3n) is 5.67. The number of aliphatic carboxylic acids is 2. The summed E-state index contributed by atoms with van der Waals surface area (Å²) in [5.74, 6) is -2.94. The number of ether oxygens (including phenoxy) is 5. The molecule has 3 aromatic carbocycles. The van der Waals surface area contributed by atoms with Crippen molar-refractivity contribution < 1.29 is 48.8 Å². The van der Waals surface area contributed by atoms with Crippen LogP contribution in [0.5, 0.6) is 17.2 Å². The van der Waals surface area contributed by atoms with Crippen LogP contribution in [0, 0.1) is 0 Å². The maximum atomic E-state index is 9.04. The van der Waals surface area contributed by atoms with Gasteiger partial charge >= 0.3 is 5.97 Å². The quantitative estimate of drug-likeness (QED) is 0.290. The predicted molar refractivity (Wildman–Crippen MR) is 134 cm³/mol. The second-order valence-electron chi connectivity index (χ2n) is 8.15. The molecular formula is C28H31NO9. The third kappa shape index (κ3) is 7.22. The number of carbonyl (C=O) groups excluding carboxylic acids is 1. The fourth-order valence-corrected chi connectivity index (χ4v) is 3.92. The summed E-state index contributed by atoms with van der Waals surface area (Å²) in [5.41, 5.74) is 2.00. The number of para-hydroxylation sites is 1. The third-order valence-corrected chi connectivity index (χ3v) is 5.67. The highest BCUT2D eigenvalue weighted by molar-refractivity contribution is 6.26. The summed E-state index contributed by atoms with van der Waals surface area (Å²) in [5, 5.41) is 18.5. The molecule has 3 N–H and O–H groups in total. The highest BCUT2D eigenvalue weighted by atomic mass is 16.7. The fourth-order valence-electron chi connectivity index (χ4n) is 3.92. The van der Waals surface area contributed by atoms with Gasteiger partial charge in [-0.1, -0.05) is 66.7 Å². The molecule has 3 aromatic rings. The van der Waals surface area contributed by atoms with Crippen LogP contribution in [0.2, 0.25) is 0 Å². The molecule has 0 bridgehead atoms. The number of benzene rings is 3. The largest absolute Gasteiger partial charge is 0.539 e. The average molecular weight is 526 g/mol. The molecule has 0 radical (unpaired) electrons. The smallest absolute Gasteiger partial charge is 0.351 e. The zero-order valence-electron chi connectivity index (χ0n) is 21.2. The van der Waals surface area contributed by atoms with Crippen LogP contribution in [0.1, 0.15) is 11.1 Å². The van der Waals surface area contributed by atoms with Gasteiger partial charge in [0.1, 0.15) is 25.8 Å². The van der Waals surface area contributed by atoms with Gasteiger partial charge in [0.25, 0.3) is 0 Å². The molecule has 1 unspecified atom stereocenters. The van der Waals surface area contributed by atoms with E-state index in [1.807, 2.05) is 78.9 Å². The Kier molecular flexibility index (Phi) is 10.5. The fraction of sp³-hybridized carbons (Fsp3) is 0.286. The minimum Gasteiger partial charge on any atom is -0.539 e. The van der Waals surface area contributed by atoms with Gasteiger partial charge in [0.15, 0.2) is 17.5 Å². The molecule has 0 amide bonds. The lowest BCUT2D eigenvalue weighted by Crippen LogP contribution is -2.87. The molecule has 1 atom stereocenters. The zero-order valence-corrected chi connectivity index (χ0v) is 21.2. The van der Waals surface area contributed by atoms with E-state index in [9.17, 15) is 0 Å². The number of carboxylic acids is 2. The van der Waals surface area contributed by atoms with Crippen LogP contribution in [-0.4, -0.2) is 63.7 Å². The van der Waals surface area contributed by atoms with Crippen molar-refractivity contribution in [3.8, 4) is 17.2 Å². The average Bonchev–Trinajstić information content (AvgIpc) is 3.39. The van der Waals surface area contributed by atoms with Gasteiger partial charge in [-0.05, 0) is 12.1 Å². The summed E-state index contributed by atoms with van der Waals surface area (Å²) in [6.07, 6.45) is -0.0313. The lowest BCUT2D eigenvalue weighted by atomic mass is 9.97. The van der Waals surface area contributed by atoms with Gasteiger partial charge in [-0.15, -0.1) is 0 Å². The zero-order chi connectivity index (χ0) is 27.4. The van der Waals surface area contributed by atoms with E-state index in [2.05, 4.69) is 5.32 Å². The highest BCUT2D eigenvalue weighted by Gasteiger charge is 2.45. The molecule has 1 aliphatic rings. The molecule has 1 heterocycles. The molecule has 10 nitrogen and oxygen atoms in total. The van der Waals surface area contributed by atoms with Gasteiger partial charge in [0.05, 0.1) is 20.8 Å². The first-order chi connectivity index (χ1) is 18.4. The molecule has 202 valence electrons. The second kappa shape index (κ2) is 14.0. The first-order valence-electron chi connectivity index (χ1n) is 11.9. The number of carbonyl (C=O) groups is 2. The highest BCUT2D eigenvalue weighted by Crippen LogP contribution is 2.40. The van der Waals surface area contributed by atoms with Crippen LogP contribution in [0.3, 0.4) is 0 Å². The lowest BCUT2D eigenvalue weighted by molar-refractivity contribution is -0.661. The first kappa shape index (κ1) is 28.5. The van der Waals surface area contributed by atoms with E-state index in [1.54, 1.807) is 14.2 Å². The molecule has 1 aliphatic heterocycles. The van der Waals surface area contributed by atoms with Gasteiger partial charge in [0, 0.05) is 11.1 Å². The summed E-state index contributed by atoms with van der Waals surface area (Å²) in [6, 6.07) is 25.8. The summed E-state index contributed by atoms with van der Waals surface area (Å²) >= 11 is 0. The van der Waals surface area contributed by atoms with E-state index in [1.165, 1.54) is 0 Å². The number of hydrogen-bond donors (Lipinski definition) is 2. The Hall–Kier alpha value is -4.12. The molecule has 0 saturated carbocycles. The summed E-state index contributed by atoms with van der Waals surface area (Å²) < 4.78 is 29.5.